The monoisotopic (exact) mass is 422 g/mol. The van der Waals surface area contributed by atoms with Crippen molar-refractivity contribution in [1.82, 2.24) is 4.31 Å². The molecule has 1 aliphatic heterocycles. The van der Waals surface area contributed by atoms with Crippen LogP contribution >= 0.6 is 12.4 Å². The topological polar surface area (TPSA) is 123 Å². The number of rotatable bonds is 8. The molecular weight excluding hydrogens is 396 g/mol. The molecule has 1 aliphatic rings. The summed E-state index contributed by atoms with van der Waals surface area (Å²) in [6, 6.07) is 3.75. The highest BCUT2D eigenvalue weighted by molar-refractivity contribution is 7.89. The van der Waals surface area contributed by atoms with E-state index in [0.717, 1.165) is 0 Å². The van der Waals surface area contributed by atoms with E-state index in [1.165, 1.54) is 23.5 Å². The van der Waals surface area contributed by atoms with Crippen LogP contribution in [0.2, 0.25) is 0 Å². The van der Waals surface area contributed by atoms with E-state index in [-0.39, 0.29) is 23.9 Å². The number of sulfonamides is 1. The summed E-state index contributed by atoms with van der Waals surface area (Å²) in [5, 5.41) is 5.78. The molecule has 0 radical (unpaired) electrons. The van der Waals surface area contributed by atoms with Crippen molar-refractivity contribution in [3.05, 3.63) is 18.2 Å². The van der Waals surface area contributed by atoms with Crippen LogP contribution in [0.4, 0.5) is 11.4 Å². The third-order valence-corrected chi connectivity index (χ3v) is 5.80. The molecule has 154 valence electrons. The van der Waals surface area contributed by atoms with Gasteiger partial charge in [0.2, 0.25) is 15.9 Å². The van der Waals surface area contributed by atoms with Crippen LogP contribution < -0.4 is 16.4 Å². The largest absolute Gasteiger partial charge is 0.384 e. The Hall–Kier alpha value is -1.43. The molecule has 1 amide bonds. The number of carbonyl (C=O) groups excluding carboxylic acids is 1. The summed E-state index contributed by atoms with van der Waals surface area (Å²) in [5.74, 6) is -0.452. The Morgan fingerprint density at radius 1 is 1.33 bits per heavy atom. The molecule has 1 heterocycles. The Kier molecular flexibility index (Phi) is 9.43. The minimum Gasteiger partial charge on any atom is -0.384 e. The molecule has 0 spiro atoms. The summed E-state index contributed by atoms with van der Waals surface area (Å²) in [4.78, 5) is 12.3. The van der Waals surface area contributed by atoms with Crippen LogP contribution in [-0.2, 0) is 24.3 Å². The zero-order valence-corrected chi connectivity index (χ0v) is 17.1. The molecule has 4 N–H and O–H groups in total. The van der Waals surface area contributed by atoms with E-state index in [0.29, 0.717) is 44.2 Å². The third kappa shape index (κ3) is 6.03. The molecule has 27 heavy (non-hydrogen) atoms. The van der Waals surface area contributed by atoms with E-state index in [9.17, 15) is 13.2 Å². The molecule has 1 atom stereocenters. The van der Waals surface area contributed by atoms with E-state index in [1.807, 2.05) is 6.92 Å². The maximum Gasteiger partial charge on any atom is 0.243 e. The van der Waals surface area contributed by atoms with Gasteiger partial charge in [-0.1, -0.05) is 0 Å². The van der Waals surface area contributed by atoms with Crippen molar-refractivity contribution in [3.8, 4) is 0 Å². The molecule has 9 nitrogen and oxygen atoms in total. The number of nitrogens with zero attached hydrogens (tertiary/aromatic N) is 1. The summed E-state index contributed by atoms with van der Waals surface area (Å²) in [6.07, 6.45) is 0. The van der Waals surface area contributed by atoms with Crippen LogP contribution in [0.1, 0.15) is 6.92 Å². The fraction of sp³-hybridized carbons (Fsp3) is 0.562. The van der Waals surface area contributed by atoms with E-state index in [1.54, 1.807) is 6.07 Å². The molecule has 1 aromatic carbocycles. The first-order valence-corrected chi connectivity index (χ1v) is 9.85. The first-order valence-electron chi connectivity index (χ1n) is 8.41. The van der Waals surface area contributed by atoms with Crippen molar-refractivity contribution in [3.63, 3.8) is 0 Å². The Balaban J connectivity index is 0.00000364. The fourth-order valence-electron chi connectivity index (χ4n) is 2.55. The van der Waals surface area contributed by atoms with Gasteiger partial charge in [0.15, 0.2) is 0 Å². The first-order chi connectivity index (χ1) is 12.4. The number of hydrogen-bond acceptors (Lipinski definition) is 7. The van der Waals surface area contributed by atoms with Gasteiger partial charge < -0.3 is 25.8 Å². The average Bonchev–Trinajstić information content (AvgIpc) is 2.64. The fourth-order valence-corrected chi connectivity index (χ4v) is 3.98. The second kappa shape index (κ2) is 10.8. The summed E-state index contributed by atoms with van der Waals surface area (Å²) in [7, 11) is -2.21. The molecule has 0 bridgehead atoms. The lowest BCUT2D eigenvalue weighted by atomic mass is 10.2. The van der Waals surface area contributed by atoms with Crippen molar-refractivity contribution in [2.75, 3.05) is 57.2 Å². The van der Waals surface area contributed by atoms with Crippen LogP contribution in [0.3, 0.4) is 0 Å². The van der Waals surface area contributed by atoms with Crippen LogP contribution in [-0.4, -0.2) is 71.2 Å². The highest BCUT2D eigenvalue weighted by atomic mass is 35.5. The predicted molar refractivity (Wildman–Crippen MR) is 106 cm³/mol. The lowest BCUT2D eigenvalue weighted by Crippen LogP contribution is -2.41. The van der Waals surface area contributed by atoms with Gasteiger partial charge in [0.1, 0.15) is 6.04 Å². The quantitative estimate of drug-likeness (QED) is 0.556. The maximum absolute atomic E-state index is 12.8. The van der Waals surface area contributed by atoms with Gasteiger partial charge in [-0.15, -0.1) is 12.4 Å². The Bertz CT molecular complexity index is 726. The predicted octanol–water partition coefficient (Wildman–Crippen LogP) is 0.473. The lowest BCUT2D eigenvalue weighted by Gasteiger charge is -2.26. The number of morpholine rings is 1. The number of amides is 1. The Labute approximate surface area is 166 Å². The summed E-state index contributed by atoms with van der Waals surface area (Å²) < 4.78 is 37.1. The normalized spacial score (nSPS) is 16.3. The van der Waals surface area contributed by atoms with Gasteiger partial charge >= 0.3 is 0 Å². The number of ether oxygens (including phenoxy) is 2. The SMILES string of the molecule is CCNc1ccc(S(=O)(=O)N2CCOCC2)cc1NC(=O)C(N)COC.Cl. The van der Waals surface area contributed by atoms with Gasteiger partial charge in [0.25, 0.3) is 0 Å². The number of halogens is 1. The number of carbonyl (C=O) groups is 1. The van der Waals surface area contributed by atoms with Crippen LogP contribution in [0.5, 0.6) is 0 Å². The summed E-state index contributed by atoms with van der Waals surface area (Å²) in [5.41, 5.74) is 6.72. The van der Waals surface area contributed by atoms with Gasteiger partial charge in [-0.3, -0.25) is 4.79 Å². The number of anilines is 2. The highest BCUT2D eigenvalue weighted by Crippen LogP contribution is 2.27. The van der Waals surface area contributed by atoms with Gasteiger partial charge in [-0.2, -0.15) is 4.31 Å². The second-order valence-electron chi connectivity index (χ2n) is 5.81. The zero-order valence-electron chi connectivity index (χ0n) is 15.4. The van der Waals surface area contributed by atoms with E-state index in [4.69, 9.17) is 15.2 Å². The molecule has 0 aromatic heterocycles. The van der Waals surface area contributed by atoms with Gasteiger partial charge in [0, 0.05) is 26.7 Å². The van der Waals surface area contributed by atoms with Crippen molar-refractivity contribution in [2.45, 2.75) is 17.9 Å². The number of methoxy groups -OCH3 is 1. The van der Waals surface area contributed by atoms with E-state index in [2.05, 4.69) is 10.6 Å². The smallest absolute Gasteiger partial charge is 0.243 e. The van der Waals surface area contributed by atoms with Crippen molar-refractivity contribution in [2.24, 2.45) is 5.73 Å². The molecule has 1 saturated heterocycles. The van der Waals surface area contributed by atoms with Gasteiger partial charge in [0.05, 0.1) is 36.1 Å². The molecular formula is C16H27ClN4O5S. The Morgan fingerprint density at radius 2 is 2.00 bits per heavy atom. The van der Waals surface area contributed by atoms with Gasteiger partial charge in [-0.05, 0) is 25.1 Å². The molecule has 11 heteroatoms. The summed E-state index contributed by atoms with van der Waals surface area (Å²) >= 11 is 0. The minimum atomic E-state index is -3.66. The number of hydrogen-bond donors (Lipinski definition) is 3. The maximum atomic E-state index is 12.8. The zero-order chi connectivity index (χ0) is 19.2. The van der Waals surface area contributed by atoms with Crippen molar-refractivity contribution < 1.29 is 22.7 Å². The van der Waals surface area contributed by atoms with Crippen LogP contribution in [0.25, 0.3) is 0 Å². The standard InChI is InChI=1S/C16H26N4O5S.ClH/c1-3-18-14-5-4-12(26(22,23)20-6-8-25-9-7-20)10-15(14)19-16(21)13(17)11-24-2;/h4-5,10,13,18H,3,6-9,11,17H2,1-2H3,(H,19,21);1H. The highest BCUT2D eigenvalue weighted by Gasteiger charge is 2.27. The number of nitrogens with two attached hydrogens (primary N) is 1. The molecule has 1 unspecified atom stereocenters. The average molecular weight is 423 g/mol. The molecule has 1 aromatic rings. The lowest BCUT2D eigenvalue weighted by molar-refractivity contribution is -0.118. The Morgan fingerprint density at radius 3 is 2.59 bits per heavy atom. The molecule has 2 rings (SSSR count). The van der Waals surface area contributed by atoms with Gasteiger partial charge in [-0.25, -0.2) is 8.42 Å². The molecule has 0 saturated carbocycles. The van der Waals surface area contributed by atoms with Crippen LogP contribution in [0.15, 0.2) is 23.1 Å². The first kappa shape index (κ1) is 23.6. The van der Waals surface area contributed by atoms with Crippen molar-refractivity contribution in [1.29, 1.82) is 0 Å². The van der Waals surface area contributed by atoms with E-state index < -0.39 is 22.0 Å². The van der Waals surface area contributed by atoms with Crippen molar-refractivity contribution >= 4 is 39.7 Å². The number of benzene rings is 1. The summed E-state index contributed by atoms with van der Waals surface area (Å²) in [6.45, 7) is 3.92. The second-order valence-corrected chi connectivity index (χ2v) is 7.74. The minimum absolute atomic E-state index is 0. The van der Waals surface area contributed by atoms with Crippen LogP contribution in [0, 0.1) is 0 Å². The molecule has 0 aliphatic carbocycles. The third-order valence-electron chi connectivity index (χ3n) is 3.91. The number of nitrogens with one attached hydrogen (secondary N) is 2. The molecule has 1 fully saturated rings. The van der Waals surface area contributed by atoms with E-state index >= 15 is 0 Å².